The van der Waals surface area contributed by atoms with Crippen molar-refractivity contribution >= 4 is 5.91 Å². The van der Waals surface area contributed by atoms with Crippen molar-refractivity contribution in [1.82, 2.24) is 5.32 Å². The van der Waals surface area contributed by atoms with Gasteiger partial charge in [0.05, 0.1) is 13.2 Å². The van der Waals surface area contributed by atoms with Gasteiger partial charge in [-0.1, -0.05) is 0 Å². The first kappa shape index (κ1) is 13.3. The highest BCUT2D eigenvalue weighted by atomic mass is 16.6. The Morgan fingerprint density at radius 3 is 2.44 bits per heavy atom. The third-order valence-electron chi connectivity index (χ3n) is 2.41. The Hall–Kier alpha value is -0.770. The van der Waals surface area contributed by atoms with Crippen LogP contribution in [-0.2, 0) is 9.53 Å². The summed E-state index contributed by atoms with van der Waals surface area (Å²) >= 11 is 0. The van der Waals surface area contributed by atoms with Crippen LogP contribution in [-0.4, -0.2) is 70.1 Å². The van der Waals surface area contributed by atoms with Crippen molar-refractivity contribution in [3.63, 3.8) is 0 Å². The Morgan fingerprint density at radius 1 is 1.31 bits per heavy atom. The van der Waals surface area contributed by atoms with Crippen molar-refractivity contribution in [3.8, 4) is 0 Å². The van der Waals surface area contributed by atoms with Gasteiger partial charge >= 0.3 is 0 Å². The highest BCUT2D eigenvalue weighted by Crippen LogP contribution is 2.19. The molecule has 16 heavy (non-hydrogen) atoms. The molecule has 0 saturated carbocycles. The number of aliphatic hydroxyl groups is 4. The molecule has 7 N–H and O–H groups in total. The summed E-state index contributed by atoms with van der Waals surface area (Å²) in [6.45, 7) is -0.859. The van der Waals surface area contributed by atoms with E-state index in [-0.39, 0.29) is 6.54 Å². The summed E-state index contributed by atoms with van der Waals surface area (Å²) in [5, 5.41) is 39.5. The monoisotopic (exact) mass is 236 g/mol. The van der Waals surface area contributed by atoms with Crippen LogP contribution in [0.5, 0.6) is 0 Å². The van der Waals surface area contributed by atoms with E-state index in [9.17, 15) is 20.1 Å². The quantitative estimate of drug-likeness (QED) is 0.292. The van der Waals surface area contributed by atoms with Crippen molar-refractivity contribution in [2.24, 2.45) is 5.73 Å². The normalized spacial score (nSPS) is 39.4. The minimum atomic E-state index is -1.51. The molecule has 1 rings (SSSR count). The first-order chi connectivity index (χ1) is 7.51. The Kier molecular flexibility index (Phi) is 4.59. The molecule has 0 aromatic rings. The summed E-state index contributed by atoms with van der Waals surface area (Å²) in [4.78, 5) is 11.0. The Morgan fingerprint density at radius 2 is 1.94 bits per heavy atom. The summed E-state index contributed by atoms with van der Waals surface area (Å²) in [5.41, 5.74) is 5.05. The minimum absolute atomic E-state index is 0.310. The van der Waals surface area contributed by atoms with Gasteiger partial charge in [-0.05, 0) is 0 Å². The lowest BCUT2D eigenvalue weighted by atomic mass is 9.97. The first-order valence-corrected chi connectivity index (χ1v) is 4.81. The van der Waals surface area contributed by atoms with Gasteiger partial charge in [-0.3, -0.25) is 4.79 Å². The van der Waals surface area contributed by atoms with Crippen molar-refractivity contribution in [2.45, 2.75) is 30.6 Å². The van der Waals surface area contributed by atoms with Gasteiger partial charge in [-0.15, -0.1) is 0 Å². The number of nitrogens with two attached hydrogens (primary N) is 1. The molecule has 1 unspecified atom stereocenters. The van der Waals surface area contributed by atoms with Gasteiger partial charge in [0.2, 0.25) is 5.91 Å². The number of rotatable bonds is 3. The maximum absolute atomic E-state index is 11.0. The predicted molar refractivity (Wildman–Crippen MR) is 51.0 cm³/mol. The number of amides is 1. The van der Waals surface area contributed by atoms with E-state index in [2.05, 4.69) is 5.32 Å². The van der Waals surface area contributed by atoms with Crippen LogP contribution in [0.2, 0.25) is 0 Å². The van der Waals surface area contributed by atoms with E-state index in [1.807, 2.05) is 0 Å². The molecule has 0 spiro atoms. The van der Waals surface area contributed by atoms with Gasteiger partial charge in [0.25, 0.3) is 0 Å². The molecule has 8 nitrogen and oxygen atoms in total. The Bertz CT molecular complexity index is 251. The molecule has 5 atom stereocenters. The van der Waals surface area contributed by atoms with E-state index in [1.165, 1.54) is 0 Å². The third kappa shape index (κ3) is 2.67. The van der Waals surface area contributed by atoms with Crippen molar-refractivity contribution in [1.29, 1.82) is 0 Å². The largest absolute Gasteiger partial charge is 0.394 e. The van der Waals surface area contributed by atoms with Gasteiger partial charge in [-0.2, -0.15) is 0 Å². The molecular weight excluding hydrogens is 220 g/mol. The molecule has 1 aliphatic rings. The maximum atomic E-state index is 11.0. The highest BCUT2D eigenvalue weighted by Gasteiger charge is 2.44. The minimum Gasteiger partial charge on any atom is -0.394 e. The summed E-state index contributed by atoms with van der Waals surface area (Å²) in [5.74, 6) is -0.596. The first-order valence-electron chi connectivity index (χ1n) is 4.81. The smallest absolute Gasteiger partial charge is 0.234 e. The van der Waals surface area contributed by atoms with E-state index >= 15 is 0 Å². The van der Waals surface area contributed by atoms with E-state index in [0.717, 1.165) is 0 Å². The van der Waals surface area contributed by atoms with Crippen molar-refractivity contribution < 1.29 is 30.0 Å². The van der Waals surface area contributed by atoms with Crippen LogP contribution in [0.15, 0.2) is 0 Å². The van der Waals surface area contributed by atoms with Gasteiger partial charge in [-0.25, -0.2) is 0 Å². The van der Waals surface area contributed by atoms with Crippen LogP contribution in [0, 0.1) is 0 Å². The van der Waals surface area contributed by atoms with Gasteiger partial charge in [0.15, 0.2) is 6.29 Å². The van der Waals surface area contributed by atoms with Crippen molar-refractivity contribution in [3.05, 3.63) is 0 Å². The zero-order valence-electron chi connectivity index (χ0n) is 8.48. The number of carbonyl (C=O) groups is 1. The maximum Gasteiger partial charge on any atom is 0.234 e. The van der Waals surface area contributed by atoms with Gasteiger partial charge < -0.3 is 36.2 Å². The number of ether oxygens (including phenoxy) is 1. The molecule has 1 aliphatic heterocycles. The highest BCUT2D eigenvalue weighted by molar-refractivity contribution is 5.78. The van der Waals surface area contributed by atoms with Gasteiger partial charge in [0.1, 0.15) is 24.4 Å². The fourth-order valence-corrected chi connectivity index (χ4v) is 1.50. The van der Waals surface area contributed by atoms with E-state index in [1.54, 1.807) is 0 Å². The lowest BCUT2D eigenvalue weighted by Crippen LogP contribution is -2.64. The van der Waals surface area contributed by atoms with Crippen LogP contribution in [0.3, 0.4) is 0 Å². The zero-order valence-corrected chi connectivity index (χ0v) is 8.48. The van der Waals surface area contributed by atoms with E-state index in [0.29, 0.717) is 0 Å². The standard InChI is InChI=1S/C8H16N2O6/c9-1-4(12)10-5-7(14)6(13)3(2-11)16-8(5)15/h3,5-8,11,13-15H,1-2,9H2,(H,10,12)/t3-,5-,6-,7-,8?/m1/s1. The fraction of sp³-hybridized carbons (Fsp3) is 0.875. The van der Waals surface area contributed by atoms with Crippen LogP contribution in [0.1, 0.15) is 0 Å². The molecule has 1 amide bonds. The molecule has 8 heteroatoms. The molecule has 94 valence electrons. The number of hydrogen-bond acceptors (Lipinski definition) is 7. The second-order valence-electron chi connectivity index (χ2n) is 3.53. The fourth-order valence-electron chi connectivity index (χ4n) is 1.50. The van der Waals surface area contributed by atoms with Crippen LogP contribution >= 0.6 is 0 Å². The Labute approximate surface area is 91.6 Å². The zero-order chi connectivity index (χ0) is 12.3. The molecule has 1 heterocycles. The van der Waals surface area contributed by atoms with E-state index in [4.69, 9.17) is 15.6 Å². The average molecular weight is 236 g/mol. The molecule has 0 bridgehead atoms. The van der Waals surface area contributed by atoms with Crippen LogP contribution < -0.4 is 11.1 Å². The number of carbonyl (C=O) groups excluding carboxylic acids is 1. The lowest BCUT2D eigenvalue weighted by Gasteiger charge is -2.40. The number of aliphatic hydroxyl groups excluding tert-OH is 4. The summed E-state index contributed by atoms with van der Waals surface area (Å²) in [7, 11) is 0. The SMILES string of the molecule is NCC(=O)N[C@H]1C(O)O[C@H](CO)[C@@H](O)[C@@H]1O. The number of hydrogen-bond donors (Lipinski definition) is 6. The topological polar surface area (TPSA) is 145 Å². The molecular formula is C8H16N2O6. The predicted octanol–water partition coefficient (Wildman–Crippen LogP) is -4.14. The molecule has 1 saturated heterocycles. The van der Waals surface area contributed by atoms with Crippen LogP contribution in [0.25, 0.3) is 0 Å². The summed E-state index contributed by atoms with van der Waals surface area (Å²) in [6, 6.07) is -1.17. The second kappa shape index (κ2) is 5.53. The Balaban J connectivity index is 2.67. The third-order valence-corrected chi connectivity index (χ3v) is 2.41. The molecule has 0 aliphatic carbocycles. The second-order valence-corrected chi connectivity index (χ2v) is 3.53. The molecule has 1 fully saturated rings. The van der Waals surface area contributed by atoms with E-state index < -0.39 is 43.2 Å². The lowest BCUT2D eigenvalue weighted by molar-refractivity contribution is -0.253. The summed E-state index contributed by atoms with van der Waals surface area (Å²) in [6.07, 6.45) is -5.42. The molecule has 0 aromatic carbocycles. The van der Waals surface area contributed by atoms with Gasteiger partial charge in [0, 0.05) is 0 Å². The number of nitrogens with one attached hydrogen (secondary N) is 1. The summed E-state index contributed by atoms with van der Waals surface area (Å²) < 4.78 is 4.82. The van der Waals surface area contributed by atoms with Crippen LogP contribution in [0.4, 0.5) is 0 Å². The molecule has 0 radical (unpaired) electrons. The van der Waals surface area contributed by atoms with Crippen molar-refractivity contribution in [2.75, 3.05) is 13.2 Å². The molecule has 0 aromatic heterocycles. The average Bonchev–Trinajstić information content (AvgIpc) is 2.28.